The lowest BCUT2D eigenvalue weighted by atomic mass is 10.3. The first-order chi connectivity index (χ1) is 11.2. The predicted octanol–water partition coefficient (Wildman–Crippen LogP) is 1.57. The first-order valence-corrected chi connectivity index (χ1v) is 8.49. The highest BCUT2D eigenvalue weighted by Gasteiger charge is 2.22. The summed E-state index contributed by atoms with van der Waals surface area (Å²) in [7, 11) is 0. The topological polar surface area (TPSA) is 58.6 Å². The van der Waals surface area contributed by atoms with Gasteiger partial charge in [-0.25, -0.2) is 0 Å². The van der Waals surface area contributed by atoms with Crippen molar-refractivity contribution >= 4 is 17.2 Å². The molecule has 1 aromatic heterocycles. The number of nitrogens with zero attached hydrogens (tertiary/aromatic N) is 4. The van der Waals surface area contributed by atoms with Crippen molar-refractivity contribution in [2.75, 3.05) is 32.8 Å². The van der Waals surface area contributed by atoms with Gasteiger partial charge in [-0.2, -0.15) is 0 Å². The second kappa shape index (κ2) is 7.52. The molecule has 0 saturated carbocycles. The third kappa shape index (κ3) is 4.49. The molecule has 0 atom stereocenters. The lowest BCUT2D eigenvalue weighted by molar-refractivity contribution is -0.135. The second-order valence-corrected chi connectivity index (χ2v) is 6.74. The number of aromatic nitrogens is 2. The molecule has 0 N–H and O–H groups in total. The average molecular weight is 332 g/mol. The molecule has 0 aliphatic carbocycles. The molecule has 2 aromatic rings. The zero-order chi connectivity index (χ0) is 16.1. The third-order valence-electron chi connectivity index (χ3n) is 3.76. The number of aryl methyl sites for hydroxylation is 1. The van der Waals surface area contributed by atoms with Crippen LogP contribution in [0.5, 0.6) is 5.75 Å². The van der Waals surface area contributed by atoms with Crippen molar-refractivity contribution in [2.45, 2.75) is 13.5 Å². The van der Waals surface area contributed by atoms with Gasteiger partial charge in [0.25, 0.3) is 5.91 Å². The van der Waals surface area contributed by atoms with Gasteiger partial charge in [-0.15, -0.1) is 21.5 Å². The van der Waals surface area contributed by atoms with Gasteiger partial charge in [0.15, 0.2) is 6.61 Å². The lowest BCUT2D eigenvalue weighted by Gasteiger charge is -2.34. The molecule has 1 saturated heterocycles. The summed E-state index contributed by atoms with van der Waals surface area (Å²) in [6.45, 7) is 6.05. The first kappa shape index (κ1) is 15.9. The number of carbonyl (C=O) groups excluding carboxylic acids is 1. The highest BCUT2D eigenvalue weighted by atomic mass is 32.1. The maximum absolute atomic E-state index is 12.2. The smallest absolute Gasteiger partial charge is 0.260 e. The number of hydrogen-bond acceptors (Lipinski definition) is 6. The van der Waals surface area contributed by atoms with E-state index in [1.54, 1.807) is 11.3 Å². The Balaban J connectivity index is 1.42. The van der Waals surface area contributed by atoms with E-state index < -0.39 is 0 Å². The largest absolute Gasteiger partial charge is 0.484 e. The quantitative estimate of drug-likeness (QED) is 0.832. The fourth-order valence-corrected chi connectivity index (χ4v) is 3.25. The van der Waals surface area contributed by atoms with Gasteiger partial charge in [-0.1, -0.05) is 18.2 Å². The van der Waals surface area contributed by atoms with Gasteiger partial charge < -0.3 is 9.64 Å². The van der Waals surface area contributed by atoms with Crippen molar-refractivity contribution in [1.82, 2.24) is 20.0 Å². The van der Waals surface area contributed by atoms with E-state index >= 15 is 0 Å². The van der Waals surface area contributed by atoms with E-state index in [4.69, 9.17) is 4.74 Å². The van der Waals surface area contributed by atoms with E-state index in [1.807, 2.05) is 42.2 Å². The predicted molar refractivity (Wildman–Crippen MR) is 88.4 cm³/mol. The number of amides is 1. The van der Waals surface area contributed by atoms with Crippen LogP contribution in [-0.4, -0.2) is 58.7 Å². The highest BCUT2D eigenvalue weighted by Crippen LogP contribution is 2.13. The Hall–Kier alpha value is -1.99. The van der Waals surface area contributed by atoms with E-state index in [1.165, 1.54) is 0 Å². The van der Waals surface area contributed by atoms with Gasteiger partial charge in [-0.3, -0.25) is 9.69 Å². The second-order valence-electron chi connectivity index (χ2n) is 5.47. The molecule has 1 amide bonds. The molecular weight excluding hydrogens is 312 g/mol. The SMILES string of the molecule is Cc1nnc(CN2CCN(C(=O)COc3ccccc3)CC2)s1. The van der Waals surface area contributed by atoms with E-state index in [-0.39, 0.29) is 12.5 Å². The van der Waals surface area contributed by atoms with Crippen molar-refractivity contribution < 1.29 is 9.53 Å². The van der Waals surface area contributed by atoms with Crippen LogP contribution in [-0.2, 0) is 11.3 Å². The van der Waals surface area contributed by atoms with Crippen molar-refractivity contribution in [2.24, 2.45) is 0 Å². The van der Waals surface area contributed by atoms with Crippen LogP contribution < -0.4 is 4.74 Å². The van der Waals surface area contributed by atoms with Crippen LogP contribution in [0.25, 0.3) is 0 Å². The standard InChI is InChI=1S/C16H20N4O2S/c1-13-17-18-15(23-13)11-19-7-9-20(10-8-19)16(21)12-22-14-5-3-2-4-6-14/h2-6H,7-12H2,1H3. The molecule has 0 unspecified atom stereocenters. The average Bonchev–Trinajstić information content (AvgIpc) is 2.99. The van der Waals surface area contributed by atoms with Crippen LogP contribution in [0.3, 0.4) is 0 Å². The molecule has 0 spiro atoms. The Kier molecular flexibility index (Phi) is 5.19. The molecule has 122 valence electrons. The summed E-state index contributed by atoms with van der Waals surface area (Å²) in [5, 5.41) is 10.2. The van der Waals surface area contributed by atoms with Crippen molar-refractivity contribution in [3.8, 4) is 5.75 Å². The summed E-state index contributed by atoms with van der Waals surface area (Å²) < 4.78 is 5.52. The number of piperazine rings is 1. The van der Waals surface area contributed by atoms with Crippen LogP contribution in [0.1, 0.15) is 10.0 Å². The van der Waals surface area contributed by atoms with Gasteiger partial charge in [0.1, 0.15) is 15.8 Å². The molecule has 0 bridgehead atoms. The van der Waals surface area contributed by atoms with E-state index in [0.717, 1.165) is 48.5 Å². The Labute approximate surface area is 139 Å². The zero-order valence-electron chi connectivity index (χ0n) is 13.1. The normalized spacial score (nSPS) is 15.6. The van der Waals surface area contributed by atoms with Crippen LogP contribution in [0.2, 0.25) is 0 Å². The maximum Gasteiger partial charge on any atom is 0.260 e. The molecule has 3 rings (SSSR count). The van der Waals surface area contributed by atoms with Crippen molar-refractivity contribution in [3.05, 3.63) is 40.3 Å². The molecule has 1 aliphatic rings. The van der Waals surface area contributed by atoms with Gasteiger partial charge in [0, 0.05) is 26.2 Å². The van der Waals surface area contributed by atoms with Crippen LogP contribution in [0.15, 0.2) is 30.3 Å². The Morgan fingerprint density at radius 2 is 1.91 bits per heavy atom. The number of para-hydroxylation sites is 1. The zero-order valence-corrected chi connectivity index (χ0v) is 14.0. The van der Waals surface area contributed by atoms with Crippen LogP contribution in [0.4, 0.5) is 0 Å². The number of benzene rings is 1. The van der Waals surface area contributed by atoms with Crippen molar-refractivity contribution in [1.29, 1.82) is 0 Å². The molecule has 7 heteroatoms. The highest BCUT2D eigenvalue weighted by molar-refractivity contribution is 7.11. The summed E-state index contributed by atoms with van der Waals surface area (Å²) in [5.41, 5.74) is 0. The minimum absolute atomic E-state index is 0.0419. The van der Waals surface area contributed by atoms with Crippen molar-refractivity contribution in [3.63, 3.8) is 0 Å². The van der Waals surface area contributed by atoms with Gasteiger partial charge in [0.05, 0.1) is 6.54 Å². The molecule has 23 heavy (non-hydrogen) atoms. The molecule has 6 nitrogen and oxygen atoms in total. The Morgan fingerprint density at radius 1 is 1.17 bits per heavy atom. The first-order valence-electron chi connectivity index (χ1n) is 7.67. The van der Waals surface area contributed by atoms with E-state index in [9.17, 15) is 4.79 Å². The summed E-state index contributed by atoms with van der Waals surface area (Å²) in [4.78, 5) is 16.4. The molecule has 1 fully saturated rings. The van der Waals surface area contributed by atoms with Gasteiger partial charge in [0.2, 0.25) is 0 Å². The van der Waals surface area contributed by atoms with Crippen LogP contribution >= 0.6 is 11.3 Å². The van der Waals surface area contributed by atoms with Crippen LogP contribution in [0, 0.1) is 6.92 Å². The van der Waals surface area contributed by atoms with Gasteiger partial charge in [-0.05, 0) is 19.1 Å². The fourth-order valence-electron chi connectivity index (χ4n) is 2.50. The number of hydrogen-bond donors (Lipinski definition) is 0. The number of carbonyl (C=O) groups is 1. The summed E-state index contributed by atoms with van der Waals surface area (Å²) in [6, 6.07) is 9.43. The summed E-state index contributed by atoms with van der Waals surface area (Å²) >= 11 is 1.63. The molecule has 1 aromatic carbocycles. The summed E-state index contributed by atoms with van der Waals surface area (Å²) in [6.07, 6.45) is 0. The fraction of sp³-hybridized carbons (Fsp3) is 0.438. The van der Waals surface area contributed by atoms with E-state index in [0.29, 0.717) is 0 Å². The van der Waals surface area contributed by atoms with Gasteiger partial charge >= 0.3 is 0 Å². The molecular formula is C16H20N4O2S. The number of ether oxygens (including phenoxy) is 1. The maximum atomic E-state index is 12.2. The monoisotopic (exact) mass is 332 g/mol. The summed E-state index contributed by atoms with van der Waals surface area (Å²) in [5.74, 6) is 0.770. The molecule has 2 heterocycles. The Morgan fingerprint density at radius 3 is 2.57 bits per heavy atom. The lowest BCUT2D eigenvalue weighted by Crippen LogP contribution is -2.49. The molecule has 0 radical (unpaired) electrons. The number of rotatable bonds is 5. The minimum Gasteiger partial charge on any atom is -0.484 e. The van der Waals surface area contributed by atoms with E-state index in [2.05, 4.69) is 15.1 Å². The molecule has 1 aliphatic heterocycles. The Bertz CT molecular complexity index is 639. The minimum atomic E-state index is 0.0419. The third-order valence-corrected chi connectivity index (χ3v) is 4.58.